The van der Waals surface area contributed by atoms with Gasteiger partial charge in [0.15, 0.2) is 0 Å². The molecule has 0 aliphatic rings. The molecule has 13 heavy (non-hydrogen) atoms. The largest absolute Gasteiger partial charge is 0.462 e. The summed E-state index contributed by atoms with van der Waals surface area (Å²) in [7, 11) is 0. The molecule has 0 N–H and O–H groups in total. The Kier molecular flexibility index (Phi) is 5.76. The molecule has 0 radical (unpaired) electrons. The Bertz CT molecular complexity index is 154. The van der Waals surface area contributed by atoms with E-state index in [-0.39, 0.29) is 12.1 Å². The fraction of sp³-hybridized carbons (Fsp3) is 0.909. The van der Waals surface area contributed by atoms with E-state index in [1.54, 1.807) is 0 Å². The highest BCUT2D eigenvalue weighted by Crippen LogP contribution is 2.20. The molecule has 3 unspecified atom stereocenters. The van der Waals surface area contributed by atoms with Gasteiger partial charge in [-0.05, 0) is 18.8 Å². The summed E-state index contributed by atoms with van der Waals surface area (Å²) in [6.45, 7) is 10.3. The van der Waals surface area contributed by atoms with Crippen molar-refractivity contribution in [2.75, 3.05) is 0 Å². The van der Waals surface area contributed by atoms with Crippen LogP contribution >= 0.6 is 0 Å². The molecule has 0 fully saturated rings. The Hall–Kier alpha value is -0.530. The van der Waals surface area contributed by atoms with Crippen molar-refractivity contribution >= 4 is 5.97 Å². The van der Waals surface area contributed by atoms with Crippen LogP contribution in [0.3, 0.4) is 0 Å². The van der Waals surface area contributed by atoms with Gasteiger partial charge >= 0.3 is 5.97 Å². The predicted octanol–water partition coefficient (Wildman–Crippen LogP) is 3.01. The molecule has 0 saturated carbocycles. The molecule has 0 aromatic carbocycles. The van der Waals surface area contributed by atoms with Gasteiger partial charge in [0, 0.05) is 6.42 Å². The molecule has 78 valence electrons. The van der Waals surface area contributed by atoms with Crippen molar-refractivity contribution in [2.24, 2.45) is 11.8 Å². The smallest absolute Gasteiger partial charge is 0.305 e. The molecule has 0 aliphatic heterocycles. The van der Waals surface area contributed by atoms with E-state index in [2.05, 4.69) is 20.8 Å². The molecule has 3 atom stereocenters. The average Bonchev–Trinajstić information content (AvgIpc) is 2.14. The highest BCUT2D eigenvalue weighted by molar-refractivity contribution is 5.69. The minimum atomic E-state index is -0.0948. The Balaban J connectivity index is 3.95. The molecule has 0 heterocycles. The topological polar surface area (TPSA) is 26.3 Å². The van der Waals surface area contributed by atoms with Crippen LogP contribution in [0.15, 0.2) is 0 Å². The molecule has 2 heteroatoms. The van der Waals surface area contributed by atoms with Gasteiger partial charge < -0.3 is 4.74 Å². The molecule has 0 bridgehead atoms. The van der Waals surface area contributed by atoms with Crippen molar-refractivity contribution in [3.05, 3.63) is 0 Å². The molecule has 0 rings (SSSR count). The van der Waals surface area contributed by atoms with Crippen molar-refractivity contribution in [3.8, 4) is 0 Å². The lowest BCUT2D eigenvalue weighted by Gasteiger charge is -2.24. The van der Waals surface area contributed by atoms with Crippen molar-refractivity contribution in [1.29, 1.82) is 0 Å². The molecule has 0 saturated heterocycles. The SMILES string of the molecule is CCC(=O)OC(C)C(C)C(C)CC. The third-order valence-electron chi connectivity index (χ3n) is 2.89. The van der Waals surface area contributed by atoms with Crippen LogP contribution in [0.2, 0.25) is 0 Å². The second-order valence-corrected chi connectivity index (χ2v) is 3.79. The zero-order chi connectivity index (χ0) is 10.4. The van der Waals surface area contributed by atoms with Crippen LogP contribution in [0, 0.1) is 11.8 Å². The van der Waals surface area contributed by atoms with E-state index in [0.29, 0.717) is 18.3 Å². The van der Waals surface area contributed by atoms with E-state index in [9.17, 15) is 4.79 Å². The lowest BCUT2D eigenvalue weighted by atomic mass is 9.89. The predicted molar refractivity (Wildman–Crippen MR) is 54.5 cm³/mol. The number of carbonyl (C=O) groups excluding carboxylic acids is 1. The fourth-order valence-electron chi connectivity index (χ4n) is 1.23. The van der Waals surface area contributed by atoms with E-state index >= 15 is 0 Å². The summed E-state index contributed by atoms with van der Waals surface area (Å²) in [5.41, 5.74) is 0. The van der Waals surface area contributed by atoms with E-state index < -0.39 is 0 Å². The summed E-state index contributed by atoms with van der Waals surface area (Å²) in [6.07, 6.45) is 1.65. The van der Waals surface area contributed by atoms with Crippen molar-refractivity contribution in [2.45, 2.75) is 53.6 Å². The molecule has 0 amide bonds. The molecule has 0 spiro atoms. The Morgan fingerprint density at radius 1 is 1.23 bits per heavy atom. The van der Waals surface area contributed by atoms with Crippen LogP contribution < -0.4 is 0 Å². The molecular formula is C11H22O2. The average molecular weight is 186 g/mol. The summed E-state index contributed by atoms with van der Waals surface area (Å²) in [4.78, 5) is 11.0. The molecule has 2 nitrogen and oxygen atoms in total. The third kappa shape index (κ3) is 4.30. The maximum Gasteiger partial charge on any atom is 0.305 e. The maximum atomic E-state index is 11.0. The van der Waals surface area contributed by atoms with Crippen molar-refractivity contribution in [3.63, 3.8) is 0 Å². The van der Waals surface area contributed by atoms with Crippen LogP contribution in [-0.2, 0) is 9.53 Å². The molecule has 0 aliphatic carbocycles. The minimum absolute atomic E-state index is 0.0439. The second-order valence-electron chi connectivity index (χ2n) is 3.79. The Morgan fingerprint density at radius 3 is 2.15 bits per heavy atom. The van der Waals surface area contributed by atoms with Gasteiger partial charge in [-0.3, -0.25) is 4.79 Å². The van der Waals surface area contributed by atoms with Crippen LogP contribution in [0.5, 0.6) is 0 Å². The maximum absolute atomic E-state index is 11.0. The van der Waals surface area contributed by atoms with Gasteiger partial charge in [-0.15, -0.1) is 0 Å². The lowest BCUT2D eigenvalue weighted by Crippen LogP contribution is -2.26. The van der Waals surface area contributed by atoms with Gasteiger partial charge in [0.2, 0.25) is 0 Å². The highest BCUT2D eigenvalue weighted by Gasteiger charge is 2.20. The Morgan fingerprint density at radius 2 is 1.77 bits per heavy atom. The van der Waals surface area contributed by atoms with Crippen molar-refractivity contribution < 1.29 is 9.53 Å². The molecule has 0 aromatic rings. The standard InChI is InChI=1S/C11H22O2/c1-6-8(3)9(4)10(5)13-11(12)7-2/h8-10H,6-7H2,1-5H3. The summed E-state index contributed by atoms with van der Waals surface area (Å²) in [5.74, 6) is 0.961. The Labute approximate surface area is 81.7 Å². The van der Waals surface area contributed by atoms with E-state index in [4.69, 9.17) is 4.74 Å². The zero-order valence-electron chi connectivity index (χ0n) is 9.46. The second kappa shape index (κ2) is 6.01. The van der Waals surface area contributed by atoms with E-state index in [1.807, 2.05) is 13.8 Å². The van der Waals surface area contributed by atoms with Crippen LogP contribution in [-0.4, -0.2) is 12.1 Å². The first-order chi connectivity index (χ1) is 6.02. The zero-order valence-corrected chi connectivity index (χ0v) is 9.46. The number of hydrogen-bond donors (Lipinski definition) is 0. The summed E-state index contributed by atoms with van der Waals surface area (Å²) < 4.78 is 5.25. The van der Waals surface area contributed by atoms with Gasteiger partial charge in [0.05, 0.1) is 0 Å². The van der Waals surface area contributed by atoms with Crippen LogP contribution in [0.1, 0.15) is 47.5 Å². The first-order valence-electron chi connectivity index (χ1n) is 5.22. The van der Waals surface area contributed by atoms with Gasteiger partial charge in [0.25, 0.3) is 0 Å². The number of rotatable bonds is 5. The van der Waals surface area contributed by atoms with E-state index in [0.717, 1.165) is 6.42 Å². The number of hydrogen-bond acceptors (Lipinski definition) is 2. The number of esters is 1. The lowest BCUT2D eigenvalue weighted by molar-refractivity contribution is -0.151. The first-order valence-corrected chi connectivity index (χ1v) is 5.22. The van der Waals surface area contributed by atoms with Gasteiger partial charge in [-0.25, -0.2) is 0 Å². The van der Waals surface area contributed by atoms with Crippen LogP contribution in [0.25, 0.3) is 0 Å². The monoisotopic (exact) mass is 186 g/mol. The minimum Gasteiger partial charge on any atom is -0.462 e. The van der Waals surface area contributed by atoms with Gasteiger partial charge in [0.1, 0.15) is 6.10 Å². The fourth-order valence-corrected chi connectivity index (χ4v) is 1.23. The van der Waals surface area contributed by atoms with Crippen molar-refractivity contribution in [1.82, 2.24) is 0 Å². The highest BCUT2D eigenvalue weighted by atomic mass is 16.5. The number of carbonyl (C=O) groups is 1. The van der Waals surface area contributed by atoms with Gasteiger partial charge in [-0.2, -0.15) is 0 Å². The van der Waals surface area contributed by atoms with Gasteiger partial charge in [-0.1, -0.05) is 34.1 Å². The van der Waals surface area contributed by atoms with Crippen LogP contribution in [0.4, 0.5) is 0 Å². The number of ether oxygens (including phenoxy) is 1. The summed E-state index contributed by atoms with van der Waals surface area (Å²) in [5, 5.41) is 0. The normalized spacial score (nSPS) is 17.6. The third-order valence-corrected chi connectivity index (χ3v) is 2.89. The molecular weight excluding hydrogens is 164 g/mol. The quantitative estimate of drug-likeness (QED) is 0.617. The van der Waals surface area contributed by atoms with E-state index in [1.165, 1.54) is 0 Å². The summed E-state index contributed by atoms with van der Waals surface area (Å²) in [6, 6.07) is 0. The molecule has 0 aromatic heterocycles. The first kappa shape index (κ1) is 12.5. The summed E-state index contributed by atoms with van der Waals surface area (Å²) >= 11 is 0.